The van der Waals surface area contributed by atoms with Crippen molar-refractivity contribution >= 4 is 23.1 Å². The maximum absolute atomic E-state index is 5.68. The van der Waals surface area contributed by atoms with Crippen LogP contribution < -0.4 is 9.64 Å². The number of alkyl halides is 1. The van der Waals surface area contributed by atoms with E-state index in [9.17, 15) is 0 Å². The van der Waals surface area contributed by atoms with Gasteiger partial charge in [-0.1, -0.05) is 6.07 Å². The summed E-state index contributed by atoms with van der Waals surface area (Å²) in [6.07, 6.45) is 3.39. The van der Waals surface area contributed by atoms with E-state index in [1.165, 1.54) is 0 Å². The van der Waals surface area contributed by atoms with Gasteiger partial charge in [-0.15, -0.1) is 11.6 Å². The van der Waals surface area contributed by atoms with Crippen LogP contribution in [-0.4, -0.2) is 24.1 Å². The molecule has 2 rings (SSSR count). The van der Waals surface area contributed by atoms with E-state index < -0.39 is 0 Å². The highest BCUT2D eigenvalue weighted by Crippen LogP contribution is 2.24. The Morgan fingerprint density at radius 3 is 2.72 bits per heavy atom. The Bertz CT molecular complexity index is 516. The van der Waals surface area contributed by atoms with E-state index in [2.05, 4.69) is 9.97 Å². The third-order valence-corrected chi connectivity index (χ3v) is 2.89. The lowest BCUT2D eigenvalue weighted by Crippen LogP contribution is -2.11. The van der Waals surface area contributed by atoms with Gasteiger partial charge in [-0.2, -0.15) is 0 Å². The first-order valence-electron chi connectivity index (χ1n) is 5.49. The Labute approximate surface area is 111 Å². The van der Waals surface area contributed by atoms with Crippen molar-refractivity contribution in [1.29, 1.82) is 0 Å². The van der Waals surface area contributed by atoms with Crippen LogP contribution in [0.3, 0.4) is 0 Å². The van der Waals surface area contributed by atoms with Crippen molar-refractivity contribution in [2.75, 3.05) is 19.1 Å². The summed E-state index contributed by atoms with van der Waals surface area (Å²) < 4.78 is 5.20. The van der Waals surface area contributed by atoms with Crippen LogP contribution in [0.1, 0.15) is 5.69 Å². The van der Waals surface area contributed by atoms with Gasteiger partial charge in [0.25, 0.3) is 0 Å². The minimum Gasteiger partial charge on any atom is -0.497 e. The highest BCUT2D eigenvalue weighted by molar-refractivity contribution is 6.16. The number of rotatable bonds is 4. The topological polar surface area (TPSA) is 38.2 Å². The molecule has 94 valence electrons. The molecule has 0 saturated heterocycles. The third-order valence-electron chi connectivity index (χ3n) is 2.61. The van der Waals surface area contributed by atoms with Crippen LogP contribution in [0.4, 0.5) is 11.5 Å². The molecule has 0 aliphatic heterocycles. The number of methoxy groups -OCH3 is 1. The van der Waals surface area contributed by atoms with Crippen LogP contribution in [0.25, 0.3) is 0 Å². The predicted molar refractivity (Wildman–Crippen MR) is 72.6 cm³/mol. The van der Waals surface area contributed by atoms with E-state index >= 15 is 0 Å². The fourth-order valence-electron chi connectivity index (χ4n) is 1.54. The van der Waals surface area contributed by atoms with Crippen LogP contribution in [0, 0.1) is 0 Å². The van der Waals surface area contributed by atoms with Crippen LogP contribution in [0.2, 0.25) is 0 Å². The average molecular weight is 264 g/mol. The Morgan fingerprint density at radius 2 is 2.11 bits per heavy atom. The van der Waals surface area contributed by atoms with E-state index in [-0.39, 0.29) is 0 Å². The fourth-order valence-corrected chi connectivity index (χ4v) is 1.68. The second-order valence-corrected chi connectivity index (χ2v) is 4.03. The van der Waals surface area contributed by atoms with E-state index in [0.29, 0.717) is 5.88 Å². The first kappa shape index (κ1) is 12.6. The van der Waals surface area contributed by atoms with Gasteiger partial charge in [0.15, 0.2) is 5.82 Å². The highest BCUT2D eigenvalue weighted by atomic mass is 35.5. The molecule has 0 saturated carbocycles. The maximum Gasteiger partial charge on any atom is 0.151 e. The Morgan fingerprint density at radius 1 is 1.28 bits per heavy atom. The van der Waals surface area contributed by atoms with Gasteiger partial charge in [0, 0.05) is 18.8 Å². The first-order valence-corrected chi connectivity index (χ1v) is 6.02. The summed E-state index contributed by atoms with van der Waals surface area (Å²) >= 11 is 5.68. The second-order valence-electron chi connectivity index (χ2n) is 3.76. The van der Waals surface area contributed by atoms with Crippen molar-refractivity contribution in [3.05, 3.63) is 42.4 Å². The number of nitrogens with zero attached hydrogens (tertiary/aromatic N) is 3. The standard InChI is InChI=1S/C13H14ClN3O/c1-17(11-4-3-5-12(6-11)18-2)13-9-15-10(7-14)8-16-13/h3-6,8-9H,7H2,1-2H3. The minimum atomic E-state index is 0.371. The zero-order valence-corrected chi connectivity index (χ0v) is 11.1. The largest absolute Gasteiger partial charge is 0.497 e. The Kier molecular flexibility index (Phi) is 3.99. The van der Waals surface area contributed by atoms with Crippen molar-refractivity contribution in [2.45, 2.75) is 5.88 Å². The molecule has 18 heavy (non-hydrogen) atoms. The van der Waals surface area contributed by atoms with Crippen LogP contribution in [-0.2, 0) is 5.88 Å². The lowest BCUT2D eigenvalue weighted by atomic mass is 10.3. The van der Waals surface area contributed by atoms with Gasteiger partial charge in [-0.25, -0.2) is 4.98 Å². The molecule has 1 aromatic carbocycles. The molecule has 1 aromatic heterocycles. The monoisotopic (exact) mass is 263 g/mol. The average Bonchev–Trinajstić information content (AvgIpc) is 2.46. The molecule has 0 radical (unpaired) electrons. The normalized spacial score (nSPS) is 10.2. The molecule has 4 nitrogen and oxygen atoms in total. The molecule has 0 amide bonds. The number of halogens is 1. The second kappa shape index (κ2) is 5.69. The van der Waals surface area contributed by atoms with Gasteiger partial charge in [-0.05, 0) is 12.1 Å². The lowest BCUT2D eigenvalue weighted by molar-refractivity contribution is 0.415. The van der Waals surface area contributed by atoms with Gasteiger partial charge < -0.3 is 9.64 Å². The molecule has 1 heterocycles. The fraction of sp³-hybridized carbons (Fsp3) is 0.231. The summed E-state index contributed by atoms with van der Waals surface area (Å²) in [5, 5.41) is 0. The smallest absolute Gasteiger partial charge is 0.151 e. The molecular weight excluding hydrogens is 250 g/mol. The zero-order valence-electron chi connectivity index (χ0n) is 10.3. The summed E-state index contributed by atoms with van der Waals surface area (Å²) in [6.45, 7) is 0. The van der Waals surface area contributed by atoms with E-state index in [4.69, 9.17) is 16.3 Å². The Hall–Kier alpha value is -1.81. The van der Waals surface area contributed by atoms with E-state index in [1.807, 2.05) is 36.2 Å². The van der Waals surface area contributed by atoms with Crippen molar-refractivity contribution in [2.24, 2.45) is 0 Å². The number of anilines is 2. The van der Waals surface area contributed by atoms with Gasteiger partial charge >= 0.3 is 0 Å². The molecule has 0 aliphatic rings. The molecule has 0 bridgehead atoms. The van der Waals surface area contributed by atoms with E-state index in [0.717, 1.165) is 22.9 Å². The van der Waals surface area contributed by atoms with Gasteiger partial charge in [-0.3, -0.25) is 4.98 Å². The number of hydrogen-bond donors (Lipinski definition) is 0. The third kappa shape index (κ3) is 2.71. The van der Waals surface area contributed by atoms with Crippen molar-refractivity contribution in [3.8, 4) is 5.75 Å². The van der Waals surface area contributed by atoms with Gasteiger partial charge in [0.05, 0.1) is 31.1 Å². The maximum atomic E-state index is 5.68. The zero-order chi connectivity index (χ0) is 13.0. The summed E-state index contributed by atoms with van der Waals surface area (Å²) in [6, 6.07) is 7.77. The summed E-state index contributed by atoms with van der Waals surface area (Å²) in [4.78, 5) is 10.5. The molecule has 0 atom stereocenters. The van der Waals surface area contributed by atoms with Gasteiger partial charge in [0.2, 0.25) is 0 Å². The lowest BCUT2D eigenvalue weighted by Gasteiger charge is -2.18. The number of benzene rings is 1. The number of hydrogen-bond acceptors (Lipinski definition) is 4. The molecular formula is C13H14ClN3O. The van der Waals surface area contributed by atoms with Crippen LogP contribution >= 0.6 is 11.6 Å². The Balaban J connectivity index is 2.25. The van der Waals surface area contributed by atoms with Gasteiger partial charge in [0.1, 0.15) is 5.75 Å². The van der Waals surface area contributed by atoms with Crippen LogP contribution in [0.5, 0.6) is 5.75 Å². The minimum absolute atomic E-state index is 0.371. The van der Waals surface area contributed by atoms with Crippen LogP contribution in [0.15, 0.2) is 36.7 Å². The first-order chi connectivity index (χ1) is 8.74. The molecule has 5 heteroatoms. The highest BCUT2D eigenvalue weighted by Gasteiger charge is 2.06. The molecule has 2 aromatic rings. The molecule has 0 aliphatic carbocycles. The molecule has 0 spiro atoms. The molecule has 0 unspecified atom stereocenters. The summed E-state index contributed by atoms with van der Waals surface area (Å²) in [7, 11) is 3.58. The number of ether oxygens (including phenoxy) is 1. The van der Waals surface area contributed by atoms with Crippen molar-refractivity contribution in [1.82, 2.24) is 9.97 Å². The molecule has 0 N–H and O–H groups in total. The summed E-state index contributed by atoms with van der Waals surface area (Å²) in [5.74, 6) is 1.94. The molecule has 0 fully saturated rings. The quantitative estimate of drug-likeness (QED) is 0.795. The van der Waals surface area contributed by atoms with E-state index in [1.54, 1.807) is 19.5 Å². The predicted octanol–water partition coefficient (Wildman–Crippen LogP) is 2.99. The number of aromatic nitrogens is 2. The van der Waals surface area contributed by atoms with Crippen molar-refractivity contribution < 1.29 is 4.74 Å². The SMILES string of the molecule is COc1cccc(N(C)c2cnc(CCl)cn2)c1. The summed E-state index contributed by atoms with van der Waals surface area (Å²) in [5.41, 5.74) is 1.75. The van der Waals surface area contributed by atoms with Crippen molar-refractivity contribution in [3.63, 3.8) is 0 Å².